The van der Waals surface area contributed by atoms with E-state index < -0.39 is 18.6 Å². The van der Waals surface area contributed by atoms with E-state index in [4.69, 9.17) is 10.2 Å². The Morgan fingerprint density at radius 2 is 2.39 bits per heavy atom. The molecule has 0 saturated heterocycles. The maximum Gasteiger partial charge on any atom is 0.291 e. The molecule has 3 N–H and O–H groups in total. The molecule has 0 bridgehead atoms. The third-order valence-corrected chi connectivity index (χ3v) is 2.34. The van der Waals surface area contributed by atoms with E-state index in [0.29, 0.717) is 5.78 Å². The lowest BCUT2D eigenvalue weighted by molar-refractivity contribution is 0.0795. The average molecular weight is 251 g/mol. The quantitative estimate of drug-likeness (QED) is 0.610. The summed E-state index contributed by atoms with van der Waals surface area (Å²) in [5.74, 6) is -0.211. The number of nitrogens with one attached hydrogen (secondary N) is 1. The van der Waals surface area contributed by atoms with E-state index >= 15 is 0 Å². The standard InChI is InChI=1S/C10H13N5O3/c1-6-2-3-11-10-13-8(14-15(6)10)9(18)12-4-7(17)5-16/h2-3,7,16-17H,4-5H2,1H3,(H,12,18). The molecule has 0 aliphatic heterocycles. The Morgan fingerprint density at radius 3 is 3.06 bits per heavy atom. The number of rotatable bonds is 4. The van der Waals surface area contributed by atoms with E-state index in [0.717, 1.165) is 5.69 Å². The fourth-order valence-electron chi connectivity index (χ4n) is 1.36. The topological polar surface area (TPSA) is 113 Å². The molecular formula is C10H13N5O3. The summed E-state index contributed by atoms with van der Waals surface area (Å²) in [4.78, 5) is 19.6. The zero-order valence-corrected chi connectivity index (χ0v) is 9.74. The lowest BCUT2D eigenvalue weighted by atomic mass is 10.4. The van der Waals surface area contributed by atoms with Gasteiger partial charge in [0.25, 0.3) is 11.7 Å². The van der Waals surface area contributed by atoms with Crippen molar-refractivity contribution in [3.63, 3.8) is 0 Å². The van der Waals surface area contributed by atoms with Gasteiger partial charge in [0.1, 0.15) is 0 Å². The van der Waals surface area contributed by atoms with E-state index in [2.05, 4.69) is 20.4 Å². The van der Waals surface area contributed by atoms with Crippen molar-refractivity contribution >= 4 is 11.7 Å². The van der Waals surface area contributed by atoms with Crippen molar-refractivity contribution in [1.82, 2.24) is 24.9 Å². The molecule has 8 heteroatoms. The first-order valence-corrected chi connectivity index (χ1v) is 5.37. The Morgan fingerprint density at radius 1 is 1.61 bits per heavy atom. The summed E-state index contributed by atoms with van der Waals surface area (Å²) in [5, 5.41) is 24.2. The van der Waals surface area contributed by atoms with Gasteiger partial charge in [0.2, 0.25) is 5.82 Å². The van der Waals surface area contributed by atoms with Crippen LogP contribution in [0.1, 0.15) is 16.3 Å². The van der Waals surface area contributed by atoms with Crippen molar-refractivity contribution < 1.29 is 15.0 Å². The van der Waals surface area contributed by atoms with Crippen LogP contribution >= 0.6 is 0 Å². The first kappa shape index (κ1) is 12.4. The lowest BCUT2D eigenvalue weighted by Crippen LogP contribution is -2.34. The van der Waals surface area contributed by atoms with Crippen molar-refractivity contribution in [2.24, 2.45) is 0 Å². The normalized spacial score (nSPS) is 12.6. The molecule has 2 heterocycles. The predicted octanol–water partition coefficient (Wildman–Crippen LogP) is -1.48. The van der Waals surface area contributed by atoms with Crippen LogP contribution in [-0.4, -0.2) is 55.0 Å². The Kier molecular flexibility index (Phi) is 3.49. The Balaban J connectivity index is 2.16. The van der Waals surface area contributed by atoms with Crippen molar-refractivity contribution in [3.05, 3.63) is 23.8 Å². The monoisotopic (exact) mass is 251 g/mol. The minimum absolute atomic E-state index is 0.0260. The van der Waals surface area contributed by atoms with Crippen LogP contribution in [0.25, 0.3) is 5.78 Å². The molecule has 0 saturated carbocycles. The largest absolute Gasteiger partial charge is 0.394 e. The van der Waals surface area contributed by atoms with Crippen LogP contribution in [0, 0.1) is 6.92 Å². The lowest BCUT2D eigenvalue weighted by Gasteiger charge is -2.06. The first-order valence-electron chi connectivity index (χ1n) is 5.37. The van der Waals surface area contributed by atoms with Gasteiger partial charge in [-0.3, -0.25) is 4.79 Å². The van der Waals surface area contributed by atoms with E-state index in [1.54, 1.807) is 12.3 Å². The minimum Gasteiger partial charge on any atom is -0.394 e. The number of aliphatic hydroxyl groups excluding tert-OH is 2. The van der Waals surface area contributed by atoms with Crippen LogP contribution in [0.5, 0.6) is 0 Å². The van der Waals surface area contributed by atoms with Crippen LogP contribution in [0.3, 0.4) is 0 Å². The number of aryl methyl sites for hydroxylation is 1. The predicted molar refractivity (Wildman–Crippen MR) is 60.9 cm³/mol. The molecule has 0 radical (unpaired) electrons. The van der Waals surface area contributed by atoms with Crippen molar-refractivity contribution in [1.29, 1.82) is 0 Å². The molecule has 8 nitrogen and oxygen atoms in total. The van der Waals surface area contributed by atoms with Gasteiger partial charge in [0.05, 0.1) is 12.7 Å². The van der Waals surface area contributed by atoms with Crippen LogP contribution in [-0.2, 0) is 0 Å². The van der Waals surface area contributed by atoms with Gasteiger partial charge in [0, 0.05) is 18.4 Å². The highest BCUT2D eigenvalue weighted by Gasteiger charge is 2.15. The Labute approximate surface area is 102 Å². The van der Waals surface area contributed by atoms with Crippen LogP contribution < -0.4 is 5.32 Å². The second-order valence-corrected chi connectivity index (χ2v) is 3.78. The summed E-state index contributed by atoms with van der Waals surface area (Å²) < 4.78 is 1.46. The fraction of sp³-hybridized carbons (Fsp3) is 0.400. The summed E-state index contributed by atoms with van der Waals surface area (Å²) in [6, 6.07) is 1.75. The molecule has 0 aliphatic carbocycles. The molecule has 0 aromatic carbocycles. The average Bonchev–Trinajstić information content (AvgIpc) is 2.81. The molecule has 1 unspecified atom stereocenters. The third-order valence-electron chi connectivity index (χ3n) is 2.34. The summed E-state index contributed by atoms with van der Waals surface area (Å²) in [5.41, 5.74) is 0.807. The summed E-state index contributed by atoms with van der Waals surface area (Å²) in [7, 11) is 0. The SMILES string of the molecule is Cc1ccnc2nc(C(=O)NCC(O)CO)nn12. The molecule has 0 aliphatic rings. The smallest absolute Gasteiger partial charge is 0.291 e. The Hall–Kier alpha value is -2.06. The van der Waals surface area contributed by atoms with Gasteiger partial charge in [-0.1, -0.05) is 0 Å². The maximum absolute atomic E-state index is 11.7. The van der Waals surface area contributed by atoms with Gasteiger partial charge < -0.3 is 15.5 Å². The highest BCUT2D eigenvalue weighted by Crippen LogP contribution is 2.01. The van der Waals surface area contributed by atoms with Crippen molar-refractivity contribution in [3.8, 4) is 0 Å². The van der Waals surface area contributed by atoms with Gasteiger partial charge >= 0.3 is 0 Å². The molecule has 1 atom stereocenters. The zero-order chi connectivity index (χ0) is 13.1. The van der Waals surface area contributed by atoms with Crippen LogP contribution in [0.2, 0.25) is 0 Å². The molecule has 0 fully saturated rings. The van der Waals surface area contributed by atoms with E-state index in [1.807, 2.05) is 6.92 Å². The summed E-state index contributed by atoms with van der Waals surface area (Å²) >= 11 is 0. The first-order chi connectivity index (χ1) is 8.61. The van der Waals surface area contributed by atoms with Gasteiger partial charge in [-0.15, -0.1) is 5.10 Å². The molecule has 0 spiro atoms. The Bertz CT molecular complexity index is 568. The number of hydrogen-bond donors (Lipinski definition) is 3. The molecule has 2 aromatic rings. The van der Waals surface area contributed by atoms with Crippen molar-refractivity contribution in [2.75, 3.05) is 13.2 Å². The number of aromatic nitrogens is 4. The number of carbonyl (C=O) groups is 1. The van der Waals surface area contributed by atoms with Crippen LogP contribution in [0.15, 0.2) is 12.3 Å². The van der Waals surface area contributed by atoms with Gasteiger partial charge in [-0.2, -0.15) is 4.98 Å². The van der Waals surface area contributed by atoms with E-state index in [1.165, 1.54) is 4.52 Å². The van der Waals surface area contributed by atoms with Gasteiger partial charge in [-0.05, 0) is 13.0 Å². The molecular weight excluding hydrogens is 238 g/mol. The van der Waals surface area contributed by atoms with Gasteiger partial charge in [-0.25, -0.2) is 9.50 Å². The molecule has 2 aromatic heterocycles. The number of aliphatic hydroxyl groups is 2. The third kappa shape index (κ3) is 2.44. The second kappa shape index (κ2) is 5.07. The minimum atomic E-state index is -0.995. The van der Waals surface area contributed by atoms with E-state index in [-0.39, 0.29) is 12.4 Å². The number of fused-ring (bicyclic) bond motifs is 1. The zero-order valence-electron chi connectivity index (χ0n) is 9.74. The molecule has 2 rings (SSSR count). The van der Waals surface area contributed by atoms with Crippen LogP contribution in [0.4, 0.5) is 0 Å². The number of nitrogens with zero attached hydrogens (tertiary/aromatic N) is 4. The number of amides is 1. The molecule has 1 amide bonds. The molecule has 18 heavy (non-hydrogen) atoms. The van der Waals surface area contributed by atoms with Gasteiger partial charge in [0.15, 0.2) is 0 Å². The molecule has 96 valence electrons. The fourth-order valence-corrected chi connectivity index (χ4v) is 1.36. The highest BCUT2D eigenvalue weighted by molar-refractivity contribution is 5.90. The number of carbonyl (C=O) groups excluding carboxylic acids is 1. The summed E-state index contributed by atoms with van der Waals surface area (Å²) in [6.07, 6.45) is 0.585. The van der Waals surface area contributed by atoms with E-state index in [9.17, 15) is 4.79 Å². The number of hydrogen-bond acceptors (Lipinski definition) is 6. The highest BCUT2D eigenvalue weighted by atomic mass is 16.3. The van der Waals surface area contributed by atoms with Crippen molar-refractivity contribution in [2.45, 2.75) is 13.0 Å². The second-order valence-electron chi connectivity index (χ2n) is 3.78. The summed E-state index contributed by atoms with van der Waals surface area (Å²) in [6.45, 7) is 1.34. The maximum atomic E-state index is 11.7.